The molecule has 116 valence electrons. The number of nitrogens with one attached hydrogen (secondary N) is 2. The highest BCUT2D eigenvalue weighted by atomic mass is 16.2. The van der Waals surface area contributed by atoms with E-state index in [1.165, 1.54) is 0 Å². The highest BCUT2D eigenvalue weighted by Crippen LogP contribution is 2.14. The highest BCUT2D eigenvalue weighted by molar-refractivity contribution is 5.89. The summed E-state index contributed by atoms with van der Waals surface area (Å²) in [6.07, 6.45) is 3.39. The summed E-state index contributed by atoms with van der Waals surface area (Å²) in [7, 11) is 0. The smallest absolute Gasteiger partial charge is 0.243 e. The Labute approximate surface area is 126 Å². The van der Waals surface area contributed by atoms with Crippen LogP contribution in [0.5, 0.6) is 0 Å². The van der Waals surface area contributed by atoms with E-state index in [2.05, 4.69) is 15.6 Å². The fourth-order valence-corrected chi connectivity index (χ4v) is 1.69. The van der Waals surface area contributed by atoms with Crippen LogP contribution in [-0.2, 0) is 16.1 Å². The van der Waals surface area contributed by atoms with Crippen LogP contribution in [0.25, 0.3) is 0 Å². The van der Waals surface area contributed by atoms with Gasteiger partial charge in [0.05, 0.1) is 0 Å². The van der Waals surface area contributed by atoms with Gasteiger partial charge in [-0.05, 0) is 17.5 Å². The molecule has 0 unspecified atom stereocenters. The van der Waals surface area contributed by atoms with Gasteiger partial charge in [-0.3, -0.25) is 14.6 Å². The molecule has 0 saturated carbocycles. The first kappa shape index (κ1) is 17.1. The molecule has 0 spiro atoms. The molecule has 1 aromatic heterocycles. The number of carbonyl (C=O) groups is 2. The maximum Gasteiger partial charge on any atom is 0.243 e. The zero-order valence-electron chi connectivity index (χ0n) is 13.4. The van der Waals surface area contributed by atoms with Crippen molar-refractivity contribution in [2.45, 2.75) is 47.2 Å². The van der Waals surface area contributed by atoms with E-state index in [1.54, 1.807) is 12.4 Å². The van der Waals surface area contributed by atoms with E-state index >= 15 is 0 Å². The summed E-state index contributed by atoms with van der Waals surface area (Å²) in [4.78, 5) is 28.3. The van der Waals surface area contributed by atoms with Crippen LogP contribution in [0.1, 0.15) is 40.2 Å². The van der Waals surface area contributed by atoms with Gasteiger partial charge in [-0.15, -0.1) is 0 Å². The van der Waals surface area contributed by atoms with Crippen LogP contribution in [0.15, 0.2) is 24.5 Å². The number of nitrogens with zero attached hydrogens (tertiary/aromatic N) is 1. The monoisotopic (exact) mass is 291 g/mol. The third-order valence-electron chi connectivity index (χ3n) is 3.11. The average molecular weight is 291 g/mol. The van der Waals surface area contributed by atoms with E-state index < -0.39 is 11.5 Å². The average Bonchev–Trinajstić information content (AvgIpc) is 2.41. The molecule has 21 heavy (non-hydrogen) atoms. The summed E-state index contributed by atoms with van der Waals surface area (Å²) in [5.74, 6) is -0.283. The Bertz CT molecular complexity index is 478. The van der Waals surface area contributed by atoms with Crippen molar-refractivity contribution in [1.82, 2.24) is 15.6 Å². The molecule has 1 aromatic rings. The molecule has 0 saturated heterocycles. The minimum atomic E-state index is -0.534. The number of aromatic nitrogens is 1. The van der Waals surface area contributed by atoms with Crippen LogP contribution in [0.2, 0.25) is 0 Å². The summed E-state index contributed by atoms with van der Waals surface area (Å²) in [5.41, 5.74) is 0.409. The zero-order valence-corrected chi connectivity index (χ0v) is 13.4. The Hall–Kier alpha value is -1.91. The Morgan fingerprint density at radius 2 is 1.95 bits per heavy atom. The van der Waals surface area contributed by atoms with Crippen LogP contribution in [0, 0.1) is 11.3 Å². The van der Waals surface area contributed by atoms with Gasteiger partial charge in [0.1, 0.15) is 6.04 Å². The molecule has 5 nitrogen and oxygen atoms in total. The van der Waals surface area contributed by atoms with E-state index in [1.807, 2.05) is 46.8 Å². The van der Waals surface area contributed by atoms with Crippen LogP contribution in [0.3, 0.4) is 0 Å². The van der Waals surface area contributed by atoms with Gasteiger partial charge in [0.25, 0.3) is 0 Å². The van der Waals surface area contributed by atoms with Gasteiger partial charge in [-0.1, -0.05) is 40.7 Å². The second-order valence-electron chi connectivity index (χ2n) is 6.52. The molecule has 0 aliphatic rings. The fraction of sp³-hybridized carbons (Fsp3) is 0.562. The molecule has 2 N–H and O–H groups in total. The van der Waals surface area contributed by atoms with Gasteiger partial charge in [0, 0.05) is 24.4 Å². The molecule has 0 bridgehead atoms. The van der Waals surface area contributed by atoms with Crippen molar-refractivity contribution in [2.24, 2.45) is 11.3 Å². The molecule has 0 aliphatic heterocycles. The van der Waals surface area contributed by atoms with Crippen molar-refractivity contribution in [2.75, 3.05) is 0 Å². The maximum absolute atomic E-state index is 12.3. The number of pyridine rings is 1. The van der Waals surface area contributed by atoms with Gasteiger partial charge < -0.3 is 10.6 Å². The SMILES string of the molecule is CC(C)[C@@H](NC(=O)C(C)(C)C)C(=O)NCc1cccnc1. The predicted molar refractivity (Wildman–Crippen MR) is 82.3 cm³/mol. The first-order valence-electron chi connectivity index (χ1n) is 7.19. The Kier molecular flexibility index (Phi) is 5.88. The lowest BCUT2D eigenvalue weighted by Crippen LogP contribution is -2.52. The van der Waals surface area contributed by atoms with Gasteiger partial charge in [-0.25, -0.2) is 0 Å². The lowest BCUT2D eigenvalue weighted by atomic mass is 9.93. The lowest BCUT2D eigenvalue weighted by Gasteiger charge is -2.26. The zero-order chi connectivity index (χ0) is 16.0. The van der Waals surface area contributed by atoms with Crippen LogP contribution in [-0.4, -0.2) is 22.8 Å². The molecule has 0 fully saturated rings. The van der Waals surface area contributed by atoms with E-state index in [4.69, 9.17) is 0 Å². The summed E-state index contributed by atoms with van der Waals surface area (Å²) in [5, 5.41) is 5.67. The van der Waals surface area contributed by atoms with Crippen molar-refractivity contribution >= 4 is 11.8 Å². The second-order valence-corrected chi connectivity index (χ2v) is 6.52. The van der Waals surface area contributed by atoms with Gasteiger partial charge in [0.15, 0.2) is 0 Å². The molecule has 5 heteroatoms. The van der Waals surface area contributed by atoms with E-state index in [9.17, 15) is 9.59 Å². The molecule has 2 amide bonds. The van der Waals surface area contributed by atoms with Crippen molar-refractivity contribution in [3.05, 3.63) is 30.1 Å². The molecule has 0 radical (unpaired) electrons. The minimum Gasteiger partial charge on any atom is -0.350 e. The highest BCUT2D eigenvalue weighted by Gasteiger charge is 2.29. The standard InChI is InChI=1S/C16H25N3O2/c1-11(2)13(19-15(21)16(3,4)5)14(20)18-10-12-7-6-8-17-9-12/h6-9,11,13H,10H2,1-5H3,(H,18,20)(H,19,21)/t13-/m1/s1. The Morgan fingerprint density at radius 1 is 1.29 bits per heavy atom. The lowest BCUT2D eigenvalue weighted by molar-refractivity contribution is -0.134. The third kappa shape index (κ3) is 5.53. The molecule has 0 aromatic carbocycles. The second kappa shape index (κ2) is 7.20. The van der Waals surface area contributed by atoms with Gasteiger partial charge >= 0.3 is 0 Å². The topological polar surface area (TPSA) is 71.1 Å². The summed E-state index contributed by atoms with van der Waals surface area (Å²) >= 11 is 0. The van der Waals surface area contributed by atoms with Crippen molar-refractivity contribution in [3.8, 4) is 0 Å². The van der Waals surface area contributed by atoms with E-state index in [0.29, 0.717) is 6.54 Å². The molecule has 1 atom stereocenters. The summed E-state index contributed by atoms with van der Waals surface area (Å²) < 4.78 is 0. The van der Waals surface area contributed by atoms with Crippen molar-refractivity contribution in [3.63, 3.8) is 0 Å². The number of rotatable bonds is 5. The first-order valence-corrected chi connectivity index (χ1v) is 7.19. The van der Waals surface area contributed by atoms with E-state index in [-0.39, 0.29) is 17.7 Å². The maximum atomic E-state index is 12.3. The summed E-state index contributed by atoms with van der Waals surface area (Å²) in [6, 6.07) is 3.18. The molecule has 0 aliphatic carbocycles. The summed E-state index contributed by atoms with van der Waals surface area (Å²) in [6.45, 7) is 9.71. The molecular weight excluding hydrogens is 266 g/mol. The fourth-order valence-electron chi connectivity index (χ4n) is 1.69. The van der Waals surface area contributed by atoms with Crippen LogP contribution < -0.4 is 10.6 Å². The van der Waals surface area contributed by atoms with Gasteiger partial charge in [0.2, 0.25) is 11.8 Å². The van der Waals surface area contributed by atoms with Gasteiger partial charge in [-0.2, -0.15) is 0 Å². The Balaban J connectivity index is 2.64. The van der Waals surface area contributed by atoms with Crippen LogP contribution in [0.4, 0.5) is 0 Å². The first-order chi connectivity index (χ1) is 9.71. The van der Waals surface area contributed by atoms with E-state index in [0.717, 1.165) is 5.56 Å². The molecule has 1 rings (SSSR count). The molecular formula is C16H25N3O2. The number of carbonyl (C=O) groups excluding carboxylic acids is 2. The van der Waals surface area contributed by atoms with Crippen molar-refractivity contribution < 1.29 is 9.59 Å². The van der Waals surface area contributed by atoms with Crippen molar-refractivity contribution in [1.29, 1.82) is 0 Å². The third-order valence-corrected chi connectivity index (χ3v) is 3.11. The predicted octanol–water partition coefficient (Wildman–Crippen LogP) is 1.88. The van der Waals surface area contributed by atoms with Crippen LogP contribution >= 0.6 is 0 Å². The largest absolute Gasteiger partial charge is 0.350 e. The number of hydrogen-bond acceptors (Lipinski definition) is 3. The Morgan fingerprint density at radius 3 is 2.43 bits per heavy atom. The number of amides is 2. The minimum absolute atomic E-state index is 0.0187. The normalized spacial score (nSPS) is 12.9. The quantitative estimate of drug-likeness (QED) is 0.870. The molecule has 1 heterocycles. The number of hydrogen-bond donors (Lipinski definition) is 2.